The van der Waals surface area contributed by atoms with Crippen molar-refractivity contribution >= 4 is 11.9 Å². The van der Waals surface area contributed by atoms with Crippen LogP contribution in [-0.4, -0.2) is 52.7 Å². The summed E-state index contributed by atoms with van der Waals surface area (Å²) in [5.41, 5.74) is 1.50. The van der Waals surface area contributed by atoms with E-state index in [1.807, 2.05) is 0 Å². The van der Waals surface area contributed by atoms with Crippen LogP contribution in [0.5, 0.6) is 0 Å². The lowest BCUT2D eigenvalue weighted by Gasteiger charge is -2.32. The largest absolute Gasteiger partial charge is 0.480 e. The van der Waals surface area contributed by atoms with Gasteiger partial charge in [-0.15, -0.1) is 0 Å². The van der Waals surface area contributed by atoms with E-state index in [-0.39, 0.29) is 25.3 Å². The molecule has 3 rings (SSSR count). The number of hydrogen-bond donors (Lipinski definition) is 2. The van der Waals surface area contributed by atoms with Crippen molar-refractivity contribution in [3.8, 4) is 0 Å². The molecule has 0 bridgehead atoms. The highest BCUT2D eigenvalue weighted by molar-refractivity contribution is 5.84. The number of aliphatic carboxylic acids is 1. The van der Waals surface area contributed by atoms with Gasteiger partial charge in [-0.3, -0.25) is 9.48 Å². The Bertz CT molecular complexity index is 650. The van der Waals surface area contributed by atoms with Gasteiger partial charge in [0.25, 0.3) is 0 Å². The number of amides is 1. The molecular formula is C12H14N6O3. The first-order chi connectivity index (χ1) is 10.1. The molecular weight excluding hydrogens is 276 g/mol. The van der Waals surface area contributed by atoms with E-state index < -0.39 is 12.0 Å². The predicted molar refractivity (Wildman–Crippen MR) is 68.9 cm³/mol. The zero-order valence-corrected chi connectivity index (χ0v) is 11.1. The number of H-pyrrole nitrogens is 1. The molecule has 1 aliphatic heterocycles. The number of hydrogen-bond acceptors (Lipinski definition) is 5. The minimum Gasteiger partial charge on any atom is -0.480 e. The Morgan fingerprint density at radius 2 is 2.33 bits per heavy atom. The van der Waals surface area contributed by atoms with Crippen LogP contribution >= 0.6 is 0 Å². The maximum absolute atomic E-state index is 12.3. The van der Waals surface area contributed by atoms with E-state index in [0.717, 1.165) is 5.69 Å². The summed E-state index contributed by atoms with van der Waals surface area (Å²) in [5.74, 6) is -1.24. The first-order valence-corrected chi connectivity index (χ1v) is 6.51. The summed E-state index contributed by atoms with van der Waals surface area (Å²) >= 11 is 0. The van der Waals surface area contributed by atoms with Crippen molar-refractivity contribution in [1.29, 1.82) is 0 Å². The van der Waals surface area contributed by atoms with Gasteiger partial charge in [0.1, 0.15) is 18.7 Å². The quantitative estimate of drug-likeness (QED) is 0.778. The fourth-order valence-corrected chi connectivity index (χ4v) is 2.42. The van der Waals surface area contributed by atoms with Crippen LogP contribution in [0.1, 0.15) is 17.8 Å². The molecule has 0 spiro atoms. The van der Waals surface area contributed by atoms with Crippen molar-refractivity contribution in [2.75, 3.05) is 0 Å². The predicted octanol–water partition coefficient (Wildman–Crippen LogP) is -0.571. The van der Waals surface area contributed by atoms with Crippen molar-refractivity contribution in [3.63, 3.8) is 0 Å². The number of aromatic nitrogens is 5. The summed E-state index contributed by atoms with van der Waals surface area (Å²) in [5, 5.41) is 13.2. The maximum atomic E-state index is 12.3. The third kappa shape index (κ3) is 2.62. The minimum absolute atomic E-state index is 0.177. The van der Waals surface area contributed by atoms with E-state index in [4.69, 9.17) is 0 Å². The van der Waals surface area contributed by atoms with Gasteiger partial charge in [0.05, 0.1) is 30.8 Å². The number of rotatable bonds is 4. The summed E-state index contributed by atoms with van der Waals surface area (Å²) in [7, 11) is 0. The first-order valence-electron chi connectivity index (χ1n) is 6.51. The smallest absolute Gasteiger partial charge is 0.326 e. The normalized spacial score (nSPS) is 17.5. The number of imidazole rings is 1. The van der Waals surface area contributed by atoms with E-state index >= 15 is 0 Å². The van der Waals surface area contributed by atoms with Gasteiger partial charge in [-0.2, -0.15) is 5.10 Å². The Labute approximate surface area is 119 Å². The van der Waals surface area contributed by atoms with Gasteiger partial charge in [0, 0.05) is 12.8 Å². The van der Waals surface area contributed by atoms with Gasteiger partial charge in [0.2, 0.25) is 5.91 Å². The standard InChI is InChI=1S/C12H14N6O3/c19-11(1-2-17-7-13-5-16-17)18-4-9-8(14-6-15-9)3-10(18)12(20)21/h5-7,10H,1-4H2,(H,14,15)(H,20,21). The van der Waals surface area contributed by atoms with Crippen LogP contribution < -0.4 is 0 Å². The Hall–Kier alpha value is -2.71. The van der Waals surface area contributed by atoms with Crippen LogP contribution in [-0.2, 0) is 29.1 Å². The third-order valence-electron chi connectivity index (χ3n) is 3.53. The van der Waals surface area contributed by atoms with Crippen LogP contribution in [0.4, 0.5) is 0 Å². The minimum atomic E-state index is -1.02. The van der Waals surface area contributed by atoms with Gasteiger partial charge >= 0.3 is 5.97 Å². The molecule has 0 radical (unpaired) electrons. The molecule has 0 aromatic carbocycles. The lowest BCUT2D eigenvalue weighted by Crippen LogP contribution is -2.48. The highest BCUT2D eigenvalue weighted by atomic mass is 16.4. The lowest BCUT2D eigenvalue weighted by molar-refractivity contribution is -0.151. The van der Waals surface area contributed by atoms with Crippen molar-refractivity contribution in [1.82, 2.24) is 29.6 Å². The number of nitrogens with zero attached hydrogens (tertiary/aromatic N) is 5. The average Bonchev–Trinajstić information content (AvgIpc) is 3.13. The van der Waals surface area contributed by atoms with Crippen molar-refractivity contribution in [3.05, 3.63) is 30.4 Å². The van der Waals surface area contributed by atoms with Gasteiger partial charge in [-0.05, 0) is 0 Å². The Kier molecular flexibility index (Phi) is 3.38. The Morgan fingerprint density at radius 1 is 1.48 bits per heavy atom. The molecule has 1 unspecified atom stereocenters. The molecule has 0 saturated carbocycles. The molecule has 9 nitrogen and oxygen atoms in total. The molecule has 0 aliphatic carbocycles. The second-order valence-electron chi connectivity index (χ2n) is 4.82. The molecule has 21 heavy (non-hydrogen) atoms. The molecule has 2 aromatic heterocycles. The maximum Gasteiger partial charge on any atom is 0.326 e. The van der Waals surface area contributed by atoms with Crippen molar-refractivity contribution in [2.45, 2.75) is 32.0 Å². The number of carboxylic acids is 1. The monoisotopic (exact) mass is 290 g/mol. The number of nitrogens with one attached hydrogen (secondary N) is 1. The molecule has 2 aromatic rings. The third-order valence-corrected chi connectivity index (χ3v) is 3.53. The van der Waals surface area contributed by atoms with Gasteiger partial charge < -0.3 is 15.0 Å². The summed E-state index contributed by atoms with van der Waals surface area (Å²) < 4.78 is 1.54. The van der Waals surface area contributed by atoms with Crippen LogP contribution in [0.15, 0.2) is 19.0 Å². The molecule has 1 amide bonds. The molecule has 1 aliphatic rings. The number of carbonyl (C=O) groups excluding carboxylic acids is 1. The molecule has 0 saturated heterocycles. The van der Waals surface area contributed by atoms with Crippen LogP contribution in [0, 0.1) is 0 Å². The number of carbonyl (C=O) groups is 2. The Morgan fingerprint density at radius 3 is 3.05 bits per heavy atom. The van der Waals surface area contributed by atoms with Crippen molar-refractivity contribution < 1.29 is 14.7 Å². The fraction of sp³-hybridized carbons (Fsp3) is 0.417. The van der Waals surface area contributed by atoms with E-state index in [1.54, 1.807) is 4.68 Å². The summed E-state index contributed by atoms with van der Waals surface area (Å²) in [4.78, 5) is 35.9. The lowest BCUT2D eigenvalue weighted by atomic mass is 10.0. The summed E-state index contributed by atoms with van der Waals surface area (Å²) in [6.45, 7) is 0.611. The number of aryl methyl sites for hydroxylation is 1. The molecule has 3 heterocycles. The SMILES string of the molecule is O=C(O)C1Cc2nc[nH]c2CN1C(=O)CCn1cncn1. The van der Waals surface area contributed by atoms with Crippen LogP contribution in [0.25, 0.3) is 0 Å². The molecule has 1 atom stereocenters. The van der Waals surface area contributed by atoms with E-state index in [1.165, 1.54) is 23.9 Å². The zero-order chi connectivity index (χ0) is 14.8. The van der Waals surface area contributed by atoms with Gasteiger partial charge in [-0.1, -0.05) is 0 Å². The molecule has 110 valence electrons. The number of aromatic amines is 1. The highest BCUT2D eigenvalue weighted by Gasteiger charge is 2.35. The molecule has 2 N–H and O–H groups in total. The fourth-order valence-electron chi connectivity index (χ4n) is 2.42. The Balaban J connectivity index is 1.72. The van der Waals surface area contributed by atoms with E-state index in [0.29, 0.717) is 12.2 Å². The molecule has 0 fully saturated rings. The molecule has 9 heteroatoms. The number of carboxylic acid groups (broad SMARTS) is 1. The summed E-state index contributed by atoms with van der Waals surface area (Å²) in [6.07, 6.45) is 4.83. The van der Waals surface area contributed by atoms with Crippen molar-refractivity contribution in [2.24, 2.45) is 0 Å². The van der Waals surface area contributed by atoms with E-state index in [9.17, 15) is 14.7 Å². The number of fused-ring (bicyclic) bond motifs is 1. The van der Waals surface area contributed by atoms with Gasteiger partial charge in [0.15, 0.2) is 0 Å². The second kappa shape index (κ2) is 5.35. The summed E-state index contributed by atoms with van der Waals surface area (Å²) in [6, 6.07) is -0.871. The topological polar surface area (TPSA) is 117 Å². The van der Waals surface area contributed by atoms with Gasteiger partial charge in [-0.25, -0.2) is 14.8 Å². The average molecular weight is 290 g/mol. The van der Waals surface area contributed by atoms with Crippen LogP contribution in [0.3, 0.4) is 0 Å². The van der Waals surface area contributed by atoms with E-state index in [2.05, 4.69) is 20.1 Å². The first kappa shape index (κ1) is 13.3. The van der Waals surface area contributed by atoms with Crippen LogP contribution in [0.2, 0.25) is 0 Å². The highest BCUT2D eigenvalue weighted by Crippen LogP contribution is 2.21. The second-order valence-corrected chi connectivity index (χ2v) is 4.82. The zero-order valence-electron chi connectivity index (χ0n) is 11.1.